The first kappa shape index (κ1) is 19.3. The van der Waals surface area contributed by atoms with Crippen LogP contribution < -0.4 is 10.9 Å². The molecule has 0 aliphatic rings. The van der Waals surface area contributed by atoms with E-state index in [0.29, 0.717) is 23.2 Å². The number of nitrogens with one attached hydrogen (secondary N) is 1. The summed E-state index contributed by atoms with van der Waals surface area (Å²) in [5.74, 6) is -1.45. The molecule has 2 N–H and O–H groups in total. The largest absolute Gasteiger partial charge is 0.479 e. The Morgan fingerprint density at radius 3 is 2.57 bits per heavy atom. The SMILES string of the molecule is Cc1nc2cc(CCC(=O)NC(C(=O)O)c3ccccc3)ccc2n(C)c1=O. The molecule has 3 rings (SSSR count). The summed E-state index contributed by atoms with van der Waals surface area (Å²) in [6.07, 6.45) is 0.583. The third-order valence-electron chi connectivity index (χ3n) is 4.63. The molecule has 2 aromatic carbocycles. The van der Waals surface area contributed by atoms with Crippen molar-refractivity contribution in [3.05, 3.63) is 75.7 Å². The molecule has 0 saturated carbocycles. The lowest BCUT2D eigenvalue weighted by Crippen LogP contribution is -2.33. The summed E-state index contributed by atoms with van der Waals surface area (Å²) >= 11 is 0. The van der Waals surface area contributed by atoms with Gasteiger partial charge >= 0.3 is 5.97 Å². The molecule has 3 aromatic rings. The third-order valence-corrected chi connectivity index (χ3v) is 4.63. The molecule has 144 valence electrons. The standard InChI is InChI=1S/C21H21N3O4/c1-13-20(26)24(2)17-10-8-14(12-16(17)22-13)9-11-18(25)23-19(21(27)28)15-6-4-3-5-7-15/h3-8,10,12,19H,9,11H2,1-2H3,(H,23,25)(H,27,28). The van der Waals surface area contributed by atoms with Crippen LogP contribution in [-0.2, 0) is 23.1 Å². The van der Waals surface area contributed by atoms with Gasteiger partial charge in [-0.1, -0.05) is 36.4 Å². The first-order valence-corrected chi connectivity index (χ1v) is 8.90. The Morgan fingerprint density at radius 2 is 1.89 bits per heavy atom. The molecule has 7 nitrogen and oxygen atoms in total. The van der Waals surface area contributed by atoms with Crippen LogP contribution in [0, 0.1) is 6.92 Å². The molecular formula is C21H21N3O4. The van der Waals surface area contributed by atoms with Crippen LogP contribution in [0.25, 0.3) is 11.0 Å². The van der Waals surface area contributed by atoms with Crippen LogP contribution in [0.4, 0.5) is 0 Å². The van der Waals surface area contributed by atoms with E-state index in [4.69, 9.17) is 0 Å². The zero-order chi connectivity index (χ0) is 20.3. The number of aryl methyl sites for hydroxylation is 3. The van der Waals surface area contributed by atoms with Crippen LogP contribution in [0.3, 0.4) is 0 Å². The zero-order valence-corrected chi connectivity index (χ0v) is 15.7. The van der Waals surface area contributed by atoms with Gasteiger partial charge in [0.1, 0.15) is 5.69 Å². The van der Waals surface area contributed by atoms with Crippen molar-refractivity contribution in [2.24, 2.45) is 7.05 Å². The summed E-state index contributed by atoms with van der Waals surface area (Å²) in [4.78, 5) is 40.1. The second-order valence-electron chi connectivity index (χ2n) is 6.63. The molecular weight excluding hydrogens is 358 g/mol. The van der Waals surface area contributed by atoms with Gasteiger partial charge in [0, 0.05) is 13.5 Å². The van der Waals surface area contributed by atoms with Crippen LogP contribution in [-0.4, -0.2) is 26.5 Å². The lowest BCUT2D eigenvalue weighted by molar-refractivity contribution is -0.142. The average molecular weight is 379 g/mol. The number of carboxylic acid groups (broad SMARTS) is 1. The van der Waals surface area contributed by atoms with Gasteiger partial charge in [0.05, 0.1) is 11.0 Å². The molecule has 0 aliphatic heterocycles. The van der Waals surface area contributed by atoms with Crippen LogP contribution >= 0.6 is 0 Å². The van der Waals surface area contributed by atoms with E-state index >= 15 is 0 Å². The number of rotatable bonds is 6. The Labute approximate surface area is 161 Å². The van der Waals surface area contributed by atoms with Crippen LogP contribution in [0.15, 0.2) is 53.3 Å². The molecule has 0 bridgehead atoms. The second kappa shape index (κ2) is 8.04. The number of carbonyl (C=O) groups excluding carboxylic acids is 1. The number of hydrogen-bond acceptors (Lipinski definition) is 4. The molecule has 1 heterocycles. The quantitative estimate of drug-likeness (QED) is 0.683. The van der Waals surface area contributed by atoms with Crippen molar-refractivity contribution in [2.75, 3.05) is 0 Å². The van der Waals surface area contributed by atoms with E-state index in [9.17, 15) is 19.5 Å². The van der Waals surface area contributed by atoms with E-state index in [1.807, 2.05) is 12.1 Å². The van der Waals surface area contributed by atoms with Crippen molar-refractivity contribution < 1.29 is 14.7 Å². The third kappa shape index (κ3) is 4.09. The molecule has 0 radical (unpaired) electrons. The van der Waals surface area contributed by atoms with Gasteiger partial charge in [-0.2, -0.15) is 0 Å². The van der Waals surface area contributed by atoms with E-state index in [1.165, 1.54) is 0 Å². The lowest BCUT2D eigenvalue weighted by Gasteiger charge is -2.15. The normalized spacial score (nSPS) is 11.9. The van der Waals surface area contributed by atoms with Crippen LogP contribution in [0.2, 0.25) is 0 Å². The summed E-state index contributed by atoms with van der Waals surface area (Å²) in [6.45, 7) is 1.66. The number of nitrogens with zero attached hydrogens (tertiary/aromatic N) is 2. The highest BCUT2D eigenvalue weighted by molar-refractivity contribution is 5.84. The molecule has 0 spiro atoms. The summed E-state index contributed by atoms with van der Waals surface area (Å²) in [5.41, 5.74) is 3.09. The van der Waals surface area contributed by atoms with E-state index in [0.717, 1.165) is 11.1 Å². The maximum Gasteiger partial charge on any atom is 0.330 e. The highest BCUT2D eigenvalue weighted by Gasteiger charge is 2.21. The molecule has 7 heteroatoms. The predicted molar refractivity (Wildman–Crippen MR) is 105 cm³/mol. The molecule has 28 heavy (non-hydrogen) atoms. The number of benzene rings is 2. The summed E-state index contributed by atoms with van der Waals surface area (Å²) < 4.78 is 1.55. The van der Waals surface area contributed by atoms with Gasteiger partial charge in [0.2, 0.25) is 5.91 Å². The van der Waals surface area contributed by atoms with Crippen molar-refractivity contribution in [3.63, 3.8) is 0 Å². The summed E-state index contributed by atoms with van der Waals surface area (Å²) in [7, 11) is 1.70. The van der Waals surface area contributed by atoms with Crippen LogP contribution in [0.1, 0.15) is 29.3 Å². The predicted octanol–water partition coefficient (Wildman–Crippen LogP) is 2.12. The van der Waals surface area contributed by atoms with Crippen molar-refractivity contribution in [1.29, 1.82) is 0 Å². The maximum atomic E-state index is 12.3. The minimum absolute atomic E-state index is 0.139. The monoisotopic (exact) mass is 379 g/mol. The van der Waals surface area contributed by atoms with Crippen LogP contribution in [0.5, 0.6) is 0 Å². The topological polar surface area (TPSA) is 101 Å². The molecule has 0 fully saturated rings. The number of hydrogen-bond donors (Lipinski definition) is 2. The number of amides is 1. The Morgan fingerprint density at radius 1 is 1.18 bits per heavy atom. The van der Waals surface area contributed by atoms with E-state index < -0.39 is 12.0 Å². The fourth-order valence-electron chi connectivity index (χ4n) is 3.10. The van der Waals surface area contributed by atoms with Gasteiger partial charge in [-0.05, 0) is 36.6 Å². The fraction of sp³-hybridized carbons (Fsp3) is 0.238. The first-order valence-electron chi connectivity index (χ1n) is 8.90. The van der Waals surface area contributed by atoms with Gasteiger partial charge in [-0.15, -0.1) is 0 Å². The highest BCUT2D eigenvalue weighted by atomic mass is 16.4. The zero-order valence-electron chi connectivity index (χ0n) is 15.7. The first-order chi connectivity index (χ1) is 13.4. The second-order valence-corrected chi connectivity index (χ2v) is 6.63. The van der Waals surface area contributed by atoms with Crippen molar-refractivity contribution in [2.45, 2.75) is 25.8 Å². The summed E-state index contributed by atoms with van der Waals surface area (Å²) in [6, 6.07) is 13.0. The molecule has 1 atom stereocenters. The highest BCUT2D eigenvalue weighted by Crippen LogP contribution is 2.16. The summed E-state index contributed by atoms with van der Waals surface area (Å²) in [5, 5.41) is 12.0. The maximum absolute atomic E-state index is 12.3. The molecule has 0 saturated heterocycles. The van der Waals surface area contributed by atoms with Crippen molar-refractivity contribution in [3.8, 4) is 0 Å². The molecule has 1 aromatic heterocycles. The number of carboxylic acids is 1. The Kier molecular flexibility index (Phi) is 5.54. The Bertz CT molecular complexity index is 1090. The minimum atomic E-state index is -1.11. The van der Waals surface area contributed by atoms with Gasteiger partial charge in [-0.3, -0.25) is 9.59 Å². The minimum Gasteiger partial charge on any atom is -0.479 e. The average Bonchev–Trinajstić information content (AvgIpc) is 2.69. The van der Waals surface area contributed by atoms with Gasteiger partial charge in [-0.25, -0.2) is 9.78 Å². The van der Waals surface area contributed by atoms with Crippen molar-refractivity contribution >= 4 is 22.9 Å². The molecule has 1 unspecified atom stereocenters. The number of fused-ring (bicyclic) bond motifs is 1. The number of carbonyl (C=O) groups is 2. The smallest absolute Gasteiger partial charge is 0.330 e. The van der Waals surface area contributed by atoms with Gasteiger partial charge in [0.25, 0.3) is 5.56 Å². The van der Waals surface area contributed by atoms with Gasteiger partial charge < -0.3 is 15.0 Å². The van der Waals surface area contributed by atoms with Crippen molar-refractivity contribution in [1.82, 2.24) is 14.9 Å². The fourth-order valence-corrected chi connectivity index (χ4v) is 3.10. The molecule has 1 amide bonds. The Hall–Kier alpha value is -3.48. The lowest BCUT2D eigenvalue weighted by atomic mass is 10.1. The Balaban J connectivity index is 1.71. The number of aliphatic carboxylic acids is 1. The van der Waals surface area contributed by atoms with E-state index in [2.05, 4.69) is 10.3 Å². The number of aromatic nitrogens is 2. The molecule has 0 aliphatic carbocycles. The van der Waals surface area contributed by atoms with Gasteiger partial charge in [0.15, 0.2) is 6.04 Å². The van der Waals surface area contributed by atoms with E-state index in [1.54, 1.807) is 54.9 Å². The van der Waals surface area contributed by atoms with E-state index in [-0.39, 0.29) is 17.9 Å².